The fourth-order valence-corrected chi connectivity index (χ4v) is 2.25. The number of nitrogens with one attached hydrogen (secondary N) is 1. The molecule has 0 spiro atoms. The summed E-state index contributed by atoms with van der Waals surface area (Å²) in [7, 11) is 0. The van der Waals surface area contributed by atoms with E-state index >= 15 is 0 Å². The summed E-state index contributed by atoms with van der Waals surface area (Å²) < 4.78 is 5.06. The second-order valence-electron chi connectivity index (χ2n) is 5.22. The number of hydrogen-bond donors (Lipinski definition) is 1. The summed E-state index contributed by atoms with van der Waals surface area (Å²) in [6, 6.07) is 16.1. The molecule has 22 heavy (non-hydrogen) atoms. The van der Waals surface area contributed by atoms with E-state index in [1.54, 1.807) is 24.3 Å². The summed E-state index contributed by atoms with van der Waals surface area (Å²) in [5.74, 6) is -0.0828. The zero-order chi connectivity index (χ0) is 15.5. The van der Waals surface area contributed by atoms with E-state index in [-0.39, 0.29) is 11.5 Å². The Kier molecular flexibility index (Phi) is 3.74. The highest BCUT2D eigenvalue weighted by Gasteiger charge is 2.05. The Morgan fingerprint density at radius 3 is 2.59 bits per heavy atom. The number of fused-ring (bicyclic) bond motifs is 1. The Morgan fingerprint density at radius 1 is 1.05 bits per heavy atom. The molecule has 1 amide bonds. The van der Waals surface area contributed by atoms with E-state index in [1.807, 2.05) is 31.2 Å². The fraction of sp³-hybridized carbons (Fsp3) is 0.111. The summed E-state index contributed by atoms with van der Waals surface area (Å²) in [6.45, 7) is 2.01. The summed E-state index contributed by atoms with van der Waals surface area (Å²) in [6.07, 6.45) is 0.322. The van der Waals surface area contributed by atoms with Crippen molar-refractivity contribution in [1.29, 1.82) is 0 Å². The van der Waals surface area contributed by atoms with Crippen LogP contribution >= 0.6 is 0 Å². The molecule has 1 N–H and O–H groups in total. The molecule has 0 aliphatic rings. The first-order chi connectivity index (χ1) is 10.6. The van der Waals surface area contributed by atoms with Crippen LogP contribution in [0.25, 0.3) is 11.0 Å². The normalized spacial score (nSPS) is 10.6. The number of anilines is 1. The predicted octanol–water partition coefficient (Wildman–Crippen LogP) is 3.28. The molecule has 3 aromatic rings. The molecule has 0 radical (unpaired) electrons. The van der Waals surface area contributed by atoms with Crippen LogP contribution in [0.15, 0.2) is 63.8 Å². The van der Waals surface area contributed by atoms with Crippen LogP contribution in [0.5, 0.6) is 0 Å². The van der Waals surface area contributed by atoms with Crippen molar-refractivity contribution in [1.82, 2.24) is 0 Å². The average Bonchev–Trinajstić information content (AvgIpc) is 2.50. The SMILES string of the molecule is Cc1ccc(CC(=O)Nc2ccc3oc(=O)ccc3c2)cc1. The van der Waals surface area contributed by atoms with Crippen LogP contribution in [-0.4, -0.2) is 5.91 Å². The Morgan fingerprint density at radius 2 is 1.82 bits per heavy atom. The first kappa shape index (κ1) is 14.1. The third kappa shape index (κ3) is 3.23. The largest absolute Gasteiger partial charge is 0.423 e. The molecule has 0 saturated heterocycles. The van der Waals surface area contributed by atoms with E-state index in [0.29, 0.717) is 17.7 Å². The minimum absolute atomic E-state index is 0.0828. The van der Waals surface area contributed by atoms with Crippen molar-refractivity contribution in [3.63, 3.8) is 0 Å². The van der Waals surface area contributed by atoms with Crippen molar-refractivity contribution in [3.05, 3.63) is 76.1 Å². The maximum Gasteiger partial charge on any atom is 0.336 e. The van der Waals surface area contributed by atoms with Gasteiger partial charge >= 0.3 is 5.63 Å². The molecule has 0 unspecified atom stereocenters. The number of amides is 1. The summed E-state index contributed by atoms with van der Waals surface area (Å²) >= 11 is 0. The van der Waals surface area contributed by atoms with Crippen LogP contribution in [0.3, 0.4) is 0 Å². The maximum atomic E-state index is 12.1. The fourth-order valence-electron chi connectivity index (χ4n) is 2.25. The summed E-state index contributed by atoms with van der Waals surface area (Å²) in [4.78, 5) is 23.2. The van der Waals surface area contributed by atoms with E-state index < -0.39 is 0 Å². The third-order valence-electron chi connectivity index (χ3n) is 3.39. The standard InChI is InChI=1S/C18H15NO3/c1-12-2-4-13(5-3-12)10-17(20)19-15-7-8-16-14(11-15)6-9-18(21)22-16/h2-9,11H,10H2,1H3,(H,19,20). The molecule has 4 heteroatoms. The average molecular weight is 293 g/mol. The Labute approximate surface area is 127 Å². The summed E-state index contributed by atoms with van der Waals surface area (Å²) in [5.41, 5.74) is 2.93. The van der Waals surface area contributed by atoms with Crippen molar-refractivity contribution in [2.45, 2.75) is 13.3 Å². The number of carbonyl (C=O) groups excluding carboxylic acids is 1. The Balaban J connectivity index is 1.74. The molecule has 4 nitrogen and oxygen atoms in total. The topological polar surface area (TPSA) is 59.3 Å². The minimum Gasteiger partial charge on any atom is -0.423 e. The zero-order valence-electron chi connectivity index (χ0n) is 12.1. The highest BCUT2D eigenvalue weighted by atomic mass is 16.4. The number of benzene rings is 2. The van der Waals surface area contributed by atoms with E-state index in [2.05, 4.69) is 5.32 Å². The molecule has 0 saturated carbocycles. The number of aryl methyl sites for hydroxylation is 1. The first-order valence-electron chi connectivity index (χ1n) is 6.99. The lowest BCUT2D eigenvalue weighted by Crippen LogP contribution is -2.14. The van der Waals surface area contributed by atoms with Gasteiger partial charge in [-0.15, -0.1) is 0 Å². The van der Waals surface area contributed by atoms with E-state index in [1.165, 1.54) is 11.6 Å². The molecule has 0 fully saturated rings. The van der Waals surface area contributed by atoms with Gasteiger partial charge in [-0.25, -0.2) is 4.79 Å². The van der Waals surface area contributed by atoms with Gasteiger partial charge in [0.2, 0.25) is 5.91 Å². The highest BCUT2D eigenvalue weighted by Crippen LogP contribution is 2.18. The van der Waals surface area contributed by atoms with Gasteiger partial charge < -0.3 is 9.73 Å². The van der Waals surface area contributed by atoms with Gasteiger partial charge in [0.1, 0.15) is 5.58 Å². The van der Waals surface area contributed by atoms with Gasteiger partial charge in [-0.1, -0.05) is 29.8 Å². The molecule has 0 bridgehead atoms. The van der Waals surface area contributed by atoms with Crippen molar-refractivity contribution in [2.24, 2.45) is 0 Å². The molecule has 2 aromatic carbocycles. The second-order valence-corrected chi connectivity index (χ2v) is 5.22. The monoisotopic (exact) mass is 293 g/mol. The molecule has 1 aromatic heterocycles. The number of hydrogen-bond acceptors (Lipinski definition) is 3. The molecule has 3 rings (SSSR count). The molecule has 110 valence electrons. The van der Waals surface area contributed by atoms with Gasteiger partial charge in [0.25, 0.3) is 0 Å². The van der Waals surface area contributed by atoms with Crippen LogP contribution in [0.2, 0.25) is 0 Å². The lowest BCUT2D eigenvalue weighted by Gasteiger charge is -2.06. The molecule has 0 aliphatic heterocycles. The van der Waals surface area contributed by atoms with E-state index in [4.69, 9.17) is 4.42 Å². The molecular weight excluding hydrogens is 278 g/mol. The van der Waals surface area contributed by atoms with Crippen molar-refractivity contribution < 1.29 is 9.21 Å². The van der Waals surface area contributed by atoms with Gasteiger partial charge in [0.15, 0.2) is 0 Å². The Bertz CT molecular complexity index is 879. The number of rotatable bonds is 3. The van der Waals surface area contributed by atoms with Gasteiger partial charge in [-0.05, 0) is 36.8 Å². The second kappa shape index (κ2) is 5.85. The lowest BCUT2D eigenvalue weighted by atomic mass is 10.1. The summed E-state index contributed by atoms with van der Waals surface area (Å²) in [5, 5.41) is 3.62. The predicted molar refractivity (Wildman–Crippen MR) is 86.0 cm³/mol. The lowest BCUT2D eigenvalue weighted by molar-refractivity contribution is -0.115. The Hall–Kier alpha value is -2.88. The molecular formula is C18H15NO3. The smallest absolute Gasteiger partial charge is 0.336 e. The van der Waals surface area contributed by atoms with Crippen LogP contribution in [0.4, 0.5) is 5.69 Å². The van der Waals surface area contributed by atoms with Gasteiger partial charge in [-0.2, -0.15) is 0 Å². The van der Waals surface area contributed by atoms with Crippen LogP contribution < -0.4 is 10.9 Å². The molecule has 0 atom stereocenters. The third-order valence-corrected chi connectivity index (χ3v) is 3.39. The molecule has 1 heterocycles. The van der Waals surface area contributed by atoms with Gasteiger partial charge in [0, 0.05) is 17.1 Å². The van der Waals surface area contributed by atoms with Gasteiger partial charge in [0.05, 0.1) is 6.42 Å². The zero-order valence-corrected chi connectivity index (χ0v) is 12.1. The minimum atomic E-state index is -0.386. The number of carbonyl (C=O) groups is 1. The first-order valence-corrected chi connectivity index (χ1v) is 6.99. The quantitative estimate of drug-likeness (QED) is 0.754. The van der Waals surface area contributed by atoms with Crippen molar-refractivity contribution in [2.75, 3.05) is 5.32 Å². The van der Waals surface area contributed by atoms with Gasteiger partial charge in [-0.3, -0.25) is 4.79 Å². The van der Waals surface area contributed by atoms with Crippen LogP contribution in [-0.2, 0) is 11.2 Å². The van der Waals surface area contributed by atoms with Crippen LogP contribution in [0, 0.1) is 6.92 Å². The van der Waals surface area contributed by atoms with Crippen molar-refractivity contribution >= 4 is 22.6 Å². The van der Waals surface area contributed by atoms with E-state index in [9.17, 15) is 9.59 Å². The highest BCUT2D eigenvalue weighted by molar-refractivity contribution is 5.94. The van der Waals surface area contributed by atoms with Crippen LogP contribution in [0.1, 0.15) is 11.1 Å². The van der Waals surface area contributed by atoms with E-state index in [0.717, 1.165) is 10.9 Å². The van der Waals surface area contributed by atoms with Crippen molar-refractivity contribution in [3.8, 4) is 0 Å². The molecule has 0 aliphatic carbocycles. The maximum absolute atomic E-state index is 12.1.